The van der Waals surface area contributed by atoms with Crippen LogP contribution in [0.25, 0.3) is 0 Å². The second-order valence-corrected chi connectivity index (χ2v) is 7.39. The van der Waals surface area contributed by atoms with Crippen LogP contribution in [0, 0.1) is 0 Å². The number of nitrogens with zero attached hydrogens (tertiary/aromatic N) is 1. The van der Waals surface area contributed by atoms with Crippen LogP contribution in [0.3, 0.4) is 0 Å². The van der Waals surface area contributed by atoms with Crippen molar-refractivity contribution in [2.24, 2.45) is 5.73 Å². The van der Waals surface area contributed by atoms with Crippen molar-refractivity contribution in [2.75, 3.05) is 31.1 Å². The first kappa shape index (κ1) is 13.9. The molecule has 4 nitrogen and oxygen atoms in total. The normalized spacial score (nSPS) is 20.7. The molecular formula is C11H24N2O2S. The molecule has 1 aliphatic heterocycles. The van der Waals surface area contributed by atoms with Crippen LogP contribution >= 0.6 is 0 Å². The smallest absolute Gasteiger partial charge is 0.150 e. The van der Waals surface area contributed by atoms with Crippen molar-refractivity contribution in [3.63, 3.8) is 0 Å². The van der Waals surface area contributed by atoms with Crippen LogP contribution in [-0.4, -0.2) is 50.0 Å². The summed E-state index contributed by atoms with van der Waals surface area (Å²) in [6, 6.07) is 0. The minimum absolute atomic E-state index is 0.00161. The molecule has 0 saturated carbocycles. The average molecular weight is 248 g/mol. The molecule has 0 atom stereocenters. The zero-order valence-corrected chi connectivity index (χ0v) is 11.2. The molecule has 5 heteroatoms. The molecule has 1 rings (SSSR count). The fourth-order valence-electron chi connectivity index (χ4n) is 2.31. The number of likely N-dealkylation sites (tertiary alicyclic amines) is 1. The third-order valence-corrected chi connectivity index (χ3v) is 4.98. The number of nitrogens with two attached hydrogens (primary N) is 1. The van der Waals surface area contributed by atoms with Gasteiger partial charge in [0.15, 0.2) is 0 Å². The van der Waals surface area contributed by atoms with Gasteiger partial charge in [0.25, 0.3) is 0 Å². The van der Waals surface area contributed by atoms with Gasteiger partial charge >= 0.3 is 0 Å². The quantitative estimate of drug-likeness (QED) is 0.717. The van der Waals surface area contributed by atoms with Crippen LogP contribution in [-0.2, 0) is 9.84 Å². The molecule has 2 N–H and O–H groups in total. The highest BCUT2D eigenvalue weighted by Crippen LogP contribution is 2.23. The van der Waals surface area contributed by atoms with E-state index < -0.39 is 9.84 Å². The van der Waals surface area contributed by atoms with Gasteiger partial charge in [0.05, 0.1) is 5.75 Å². The van der Waals surface area contributed by atoms with E-state index in [0.29, 0.717) is 5.75 Å². The Labute approximate surface area is 99.1 Å². The lowest BCUT2D eigenvalue weighted by molar-refractivity contribution is 0.0644. The molecular weight excluding hydrogens is 224 g/mol. The summed E-state index contributed by atoms with van der Waals surface area (Å²) in [6.45, 7) is 6.55. The second kappa shape index (κ2) is 5.47. The van der Waals surface area contributed by atoms with Crippen LogP contribution < -0.4 is 5.73 Å². The van der Waals surface area contributed by atoms with Gasteiger partial charge in [-0.2, -0.15) is 0 Å². The highest BCUT2D eigenvalue weighted by Gasteiger charge is 2.37. The van der Waals surface area contributed by atoms with Crippen LogP contribution in [0.15, 0.2) is 0 Å². The third kappa shape index (κ3) is 4.03. The van der Waals surface area contributed by atoms with Crippen LogP contribution in [0.1, 0.15) is 33.1 Å². The SMILES string of the molecule is CCCC1(N)CN(CCCS(=O)(=O)CC)C1. The van der Waals surface area contributed by atoms with Crippen molar-refractivity contribution in [3.8, 4) is 0 Å². The molecule has 96 valence electrons. The molecule has 1 heterocycles. The van der Waals surface area contributed by atoms with E-state index in [-0.39, 0.29) is 11.3 Å². The van der Waals surface area contributed by atoms with Gasteiger partial charge in [-0.05, 0) is 19.4 Å². The molecule has 0 spiro atoms. The minimum atomic E-state index is -2.80. The lowest BCUT2D eigenvalue weighted by Crippen LogP contribution is -2.67. The van der Waals surface area contributed by atoms with Crippen molar-refractivity contribution in [2.45, 2.75) is 38.6 Å². The summed E-state index contributed by atoms with van der Waals surface area (Å²) in [4.78, 5) is 2.25. The summed E-state index contributed by atoms with van der Waals surface area (Å²) in [5.74, 6) is 0.564. The van der Waals surface area contributed by atoms with Gasteiger partial charge in [-0.15, -0.1) is 0 Å². The molecule has 16 heavy (non-hydrogen) atoms. The summed E-state index contributed by atoms with van der Waals surface area (Å²) < 4.78 is 22.5. The molecule has 1 saturated heterocycles. The Hall–Kier alpha value is -0.130. The Balaban J connectivity index is 2.14. The second-order valence-electron chi connectivity index (χ2n) is 4.91. The molecule has 0 aliphatic carbocycles. The van der Waals surface area contributed by atoms with E-state index in [1.165, 1.54) is 0 Å². The molecule has 0 unspecified atom stereocenters. The van der Waals surface area contributed by atoms with Crippen LogP contribution in [0.2, 0.25) is 0 Å². The Morgan fingerprint density at radius 1 is 1.31 bits per heavy atom. The van der Waals surface area contributed by atoms with E-state index in [2.05, 4.69) is 11.8 Å². The summed E-state index contributed by atoms with van der Waals surface area (Å²) >= 11 is 0. The van der Waals surface area contributed by atoms with Crippen molar-refractivity contribution >= 4 is 9.84 Å². The maximum Gasteiger partial charge on any atom is 0.150 e. The minimum Gasteiger partial charge on any atom is -0.323 e. The Morgan fingerprint density at radius 3 is 2.44 bits per heavy atom. The lowest BCUT2D eigenvalue weighted by Gasteiger charge is -2.48. The fraction of sp³-hybridized carbons (Fsp3) is 1.00. The molecule has 0 aromatic heterocycles. The summed E-state index contributed by atoms with van der Waals surface area (Å²) in [5.41, 5.74) is 6.13. The van der Waals surface area contributed by atoms with E-state index in [4.69, 9.17) is 5.73 Å². The van der Waals surface area contributed by atoms with Crippen molar-refractivity contribution in [3.05, 3.63) is 0 Å². The van der Waals surface area contributed by atoms with Gasteiger partial charge in [0.2, 0.25) is 0 Å². The van der Waals surface area contributed by atoms with Crippen LogP contribution in [0.4, 0.5) is 0 Å². The molecule has 1 fully saturated rings. The number of hydrogen-bond acceptors (Lipinski definition) is 4. The zero-order chi connectivity index (χ0) is 12.2. The Bertz CT molecular complexity index is 308. The lowest BCUT2D eigenvalue weighted by atomic mass is 9.86. The first-order chi connectivity index (χ1) is 7.41. The summed E-state index contributed by atoms with van der Waals surface area (Å²) in [5, 5.41) is 0. The average Bonchev–Trinajstić information content (AvgIpc) is 2.15. The van der Waals surface area contributed by atoms with Gasteiger partial charge in [-0.25, -0.2) is 8.42 Å². The van der Waals surface area contributed by atoms with Gasteiger partial charge in [0.1, 0.15) is 9.84 Å². The molecule has 1 aliphatic rings. The first-order valence-electron chi connectivity index (χ1n) is 6.12. The summed E-state index contributed by atoms with van der Waals surface area (Å²) in [7, 11) is -2.80. The first-order valence-corrected chi connectivity index (χ1v) is 7.94. The standard InChI is InChI=1S/C11H24N2O2S/c1-3-6-11(12)9-13(10-11)7-5-8-16(14,15)4-2/h3-10,12H2,1-2H3. The maximum absolute atomic E-state index is 11.3. The van der Waals surface area contributed by atoms with Crippen molar-refractivity contribution in [1.82, 2.24) is 4.90 Å². The predicted molar refractivity (Wildman–Crippen MR) is 67.2 cm³/mol. The number of sulfone groups is 1. The Morgan fingerprint density at radius 2 is 1.94 bits per heavy atom. The van der Waals surface area contributed by atoms with E-state index in [0.717, 1.165) is 38.9 Å². The molecule has 0 radical (unpaired) electrons. The maximum atomic E-state index is 11.3. The van der Waals surface area contributed by atoms with Gasteiger partial charge < -0.3 is 5.73 Å². The molecule has 0 aromatic rings. The fourth-order valence-corrected chi connectivity index (χ4v) is 3.17. The predicted octanol–water partition coefficient (Wildman–Crippen LogP) is 0.624. The van der Waals surface area contributed by atoms with Gasteiger partial charge in [-0.3, -0.25) is 4.90 Å². The topological polar surface area (TPSA) is 63.4 Å². The molecule has 0 amide bonds. The van der Waals surface area contributed by atoms with Crippen molar-refractivity contribution in [1.29, 1.82) is 0 Å². The van der Waals surface area contributed by atoms with Gasteiger partial charge in [-0.1, -0.05) is 20.3 Å². The summed E-state index contributed by atoms with van der Waals surface area (Å²) in [6.07, 6.45) is 2.92. The van der Waals surface area contributed by atoms with E-state index in [1.807, 2.05) is 0 Å². The zero-order valence-electron chi connectivity index (χ0n) is 10.4. The largest absolute Gasteiger partial charge is 0.323 e. The van der Waals surface area contributed by atoms with Crippen LogP contribution in [0.5, 0.6) is 0 Å². The monoisotopic (exact) mass is 248 g/mol. The van der Waals surface area contributed by atoms with Gasteiger partial charge in [0, 0.05) is 24.4 Å². The van der Waals surface area contributed by atoms with E-state index in [9.17, 15) is 8.42 Å². The number of rotatable bonds is 7. The number of hydrogen-bond donors (Lipinski definition) is 1. The van der Waals surface area contributed by atoms with E-state index >= 15 is 0 Å². The highest BCUT2D eigenvalue weighted by molar-refractivity contribution is 7.91. The Kier molecular flexibility index (Phi) is 4.76. The van der Waals surface area contributed by atoms with E-state index in [1.54, 1.807) is 6.92 Å². The molecule has 0 bridgehead atoms. The highest BCUT2D eigenvalue weighted by atomic mass is 32.2. The van der Waals surface area contributed by atoms with Crippen molar-refractivity contribution < 1.29 is 8.42 Å². The third-order valence-electron chi connectivity index (χ3n) is 3.19. The molecule has 0 aromatic carbocycles.